The number of carbonyl (C=O) groups is 1. The van der Waals surface area contributed by atoms with Gasteiger partial charge in [-0.1, -0.05) is 11.8 Å². The van der Waals surface area contributed by atoms with Gasteiger partial charge in [-0.05, 0) is 18.2 Å². The van der Waals surface area contributed by atoms with Gasteiger partial charge in [-0.3, -0.25) is 4.79 Å². The summed E-state index contributed by atoms with van der Waals surface area (Å²) in [5.74, 6) is 4.77. The molecule has 0 fully saturated rings. The topological polar surface area (TPSA) is 43.1 Å². The van der Waals surface area contributed by atoms with Gasteiger partial charge in [-0.15, -0.1) is 0 Å². The molecule has 1 rings (SSSR count). The molecule has 0 unspecified atom stereocenters. The highest BCUT2D eigenvalue weighted by molar-refractivity contribution is 5.79. The number of hydrogen-bond donors (Lipinski definition) is 1. The normalized spacial score (nSPS) is 8.77. The molecule has 1 aromatic rings. The Kier molecular flexibility index (Phi) is 3.18. The molecule has 0 bridgehead atoms. The quantitative estimate of drug-likeness (QED) is 0.512. The van der Waals surface area contributed by atoms with Crippen molar-refractivity contribution < 1.29 is 9.18 Å². The maximum atomic E-state index is 12.7. The molecule has 0 radical (unpaired) electrons. The Morgan fingerprint density at radius 3 is 2.92 bits per heavy atom. The fourth-order valence-corrected chi connectivity index (χ4v) is 0.886. The van der Waals surface area contributed by atoms with E-state index in [1.54, 1.807) is 0 Å². The zero-order chi connectivity index (χ0) is 9.68. The molecule has 3 heteroatoms. The van der Waals surface area contributed by atoms with Gasteiger partial charge in [-0.2, -0.15) is 0 Å². The van der Waals surface area contributed by atoms with E-state index in [1.807, 2.05) is 0 Å². The SMILES string of the molecule is NCC#Cc1cc(F)ccc1C=O. The van der Waals surface area contributed by atoms with Gasteiger partial charge in [0.2, 0.25) is 0 Å². The van der Waals surface area contributed by atoms with Crippen LogP contribution in [0.4, 0.5) is 4.39 Å². The van der Waals surface area contributed by atoms with Crippen molar-refractivity contribution in [2.75, 3.05) is 6.54 Å². The van der Waals surface area contributed by atoms with Gasteiger partial charge in [0.1, 0.15) is 5.82 Å². The Hall–Kier alpha value is -1.66. The lowest BCUT2D eigenvalue weighted by Crippen LogP contribution is -1.94. The minimum absolute atomic E-state index is 0.189. The zero-order valence-electron chi connectivity index (χ0n) is 6.88. The van der Waals surface area contributed by atoms with Crippen LogP contribution in [0.25, 0.3) is 0 Å². The summed E-state index contributed by atoms with van der Waals surface area (Å²) in [5, 5.41) is 0. The fourth-order valence-electron chi connectivity index (χ4n) is 0.886. The second-order valence-corrected chi connectivity index (χ2v) is 2.36. The Labute approximate surface area is 75.6 Å². The molecule has 1 aromatic carbocycles. The van der Waals surface area contributed by atoms with Crippen LogP contribution in [-0.2, 0) is 0 Å². The van der Waals surface area contributed by atoms with E-state index in [2.05, 4.69) is 11.8 Å². The summed E-state index contributed by atoms with van der Waals surface area (Å²) in [6.45, 7) is 0.189. The summed E-state index contributed by atoms with van der Waals surface area (Å²) in [6, 6.07) is 3.83. The number of halogens is 1. The van der Waals surface area contributed by atoms with Crippen LogP contribution in [0.5, 0.6) is 0 Å². The summed E-state index contributed by atoms with van der Waals surface area (Å²) in [7, 11) is 0. The Morgan fingerprint density at radius 2 is 2.31 bits per heavy atom. The second kappa shape index (κ2) is 4.39. The number of benzene rings is 1. The summed E-state index contributed by atoms with van der Waals surface area (Å²) >= 11 is 0. The van der Waals surface area contributed by atoms with Crippen molar-refractivity contribution in [3.8, 4) is 11.8 Å². The molecule has 2 nitrogen and oxygen atoms in total. The highest BCUT2D eigenvalue weighted by atomic mass is 19.1. The number of rotatable bonds is 1. The van der Waals surface area contributed by atoms with Crippen molar-refractivity contribution in [2.45, 2.75) is 0 Å². The van der Waals surface area contributed by atoms with Gasteiger partial charge in [0.25, 0.3) is 0 Å². The summed E-state index contributed by atoms with van der Waals surface area (Å²) in [4.78, 5) is 10.5. The predicted molar refractivity (Wildman–Crippen MR) is 47.7 cm³/mol. The van der Waals surface area contributed by atoms with E-state index < -0.39 is 5.82 Å². The molecule has 0 atom stereocenters. The first-order chi connectivity index (χ1) is 6.27. The van der Waals surface area contributed by atoms with Gasteiger partial charge >= 0.3 is 0 Å². The van der Waals surface area contributed by atoms with Crippen LogP contribution in [-0.4, -0.2) is 12.8 Å². The van der Waals surface area contributed by atoms with E-state index in [4.69, 9.17) is 5.73 Å². The number of carbonyl (C=O) groups excluding carboxylic acids is 1. The van der Waals surface area contributed by atoms with Gasteiger partial charge in [0.05, 0.1) is 6.54 Å². The number of aldehydes is 1. The van der Waals surface area contributed by atoms with Crippen LogP contribution in [0, 0.1) is 17.7 Å². The summed E-state index contributed by atoms with van der Waals surface area (Å²) < 4.78 is 12.7. The van der Waals surface area contributed by atoms with Crippen LogP contribution >= 0.6 is 0 Å². The Balaban J connectivity index is 3.15. The minimum Gasteiger partial charge on any atom is -0.320 e. The van der Waals surface area contributed by atoms with Crippen LogP contribution in [0.2, 0.25) is 0 Å². The maximum Gasteiger partial charge on any atom is 0.151 e. The molecule has 0 heterocycles. The first kappa shape index (κ1) is 9.43. The Bertz CT molecular complexity index is 376. The minimum atomic E-state index is -0.410. The highest BCUT2D eigenvalue weighted by Gasteiger charge is 1.99. The van der Waals surface area contributed by atoms with E-state index >= 15 is 0 Å². The molecule has 0 amide bonds. The molecule has 0 saturated heterocycles. The molecule has 0 aliphatic rings. The molecule has 0 spiro atoms. The molecule has 0 aliphatic carbocycles. The van der Waals surface area contributed by atoms with Crippen LogP contribution in [0.3, 0.4) is 0 Å². The lowest BCUT2D eigenvalue weighted by Gasteiger charge is -1.95. The van der Waals surface area contributed by atoms with Crippen molar-refractivity contribution in [1.29, 1.82) is 0 Å². The molecule has 0 saturated carbocycles. The lowest BCUT2D eigenvalue weighted by molar-refractivity contribution is 0.112. The average molecular weight is 177 g/mol. The van der Waals surface area contributed by atoms with E-state index in [0.717, 1.165) is 0 Å². The van der Waals surface area contributed by atoms with E-state index in [1.165, 1.54) is 18.2 Å². The molecular weight excluding hydrogens is 169 g/mol. The van der Waals surface area contributed by atoms with Crippen molar-refractivity contribution >= 4 is 6.29 Å². The summed E-state index contributed by atoms with van der Waals surface area (Å²) in [6.07, 6.45) is 0.639. The maximum absolute atomic E-state index is 12.7. The smallest absolute Gasteiger partial charge is 0.151 e. The fraction of sp³-hybridized carbons (Fsp3) is 0.100. The lowest BCUT2D eigenvalue weighted by atomic mass is 10.1. The number of hydrogen-bond acceptors (Lipinski definition) is 2. The van der Waals surface area contributed by atoms with Gasteiger partial charge in [-0.25, -0.2) is 4.39 Å². The molecular formula is C10H8FNO. The average Bonchev–Trinajstić information content (AvgIpc) is 2.15. The summed E-state index contributed by atoms with van der Waals surface area (Å²) in [5.41, 5.74) is 5.90. The van der Waals surface area contributed by atoms with Crippen molar-refractivity contribution in [3.63, 3.8) is 0 Å². The molecule has 0 aliphatic heterocycles. The van der Waals surface area contributed by atoms with Gasteiger partial charge in [0.15, 0.2) is 6.29 Å². The highest BCUT2D eigenvalue weighted by Crippen LogP contribution is 2.07. The van der Waals surface area contributed by atoms with Gasteiger partial charge in [0, 0.05) is 11.1 Å². The third-order valence-corrected chi connectivity index (χ3v) is 1.47. The largest absolute Gasteiger partial charge is 0.320 e. The van der Waals surface area contributed by atoms with E-state index in [-0.39, 0.29) is 6.54 Å². The molecule has 2 N–H and O–H groups in total. The van der Waals surface area contributed by atoms with Crippen LogP contribution in [0.15, 0.2) is 18.2 Å². The third-order valence-electron chi connectivity index (χ3n) is 1.47. The molecule has 0 aromatic heterocycles. The van der Waals surface area contributed by atoms with Crippen LogP contribution in [0.1, 0.15) is 15.9 Å². The molecule has 13 heavy (non-hydrogen) atoms. The first-order valence-electron chi connectivity index (χ1n) is 3.71. The van der Waals surface area contributed by atoms with Crippen molar-refractivity contribution in [1.82, 2.24) is 0 Å². The van der Waals surface area contributed by atoms with Crippen molar-refractivity contribution in [2.24, 2.45) is 5.73 Å². The third kappa shape index (κ3) is 2.39. The van der Waals surface area contributed by atoms with Crippen LogP contribution < -0.4 is 5.73 Å². The van der Waals surface area contributed by atoms with Gasteiger partial charge < -0.3 is 5.73 Å². The van der Waals surface area contributed by atoms with E-state index in [9.17, 15) is 9.18 Å². The second-order valence-electron chi connectivity index (χ2n) is 2.36. The molecule has 66 valence electrons. The zero-order valence-corrected chi connectivity index (χ0v) is 6.88. The Morgan fingerprint density at radius 1 is 1.54 bits per heavy atom. The van der Waals surface area contributed by atoms with E-state index in [0.29, 0.717) is 17.4 Å². The predicted octanol–water partition coefficient (Wildman–Crippen LogP) is 0.948. The monoisotopic (exact) mass is 177 g/mol. The first-order valence-corrected chi connectivity index (χ1v) is 3.71. The van der Waals surface area contributed by atoms with Crippen molar-refractivity contribution in [3.05, 3.63) is 35.1 Å². The number of nitrogens with two attached hydrogens (primary N) is 1. The standard InChI is InChI=1S/C10H8FNO/c11-10-4-3-9(7-13)8(6-10)2-1-5-12/h3-4,6-7H,5,12H2.